The highest BCUT2D eigenvalue weighted by Crippen LogP contribution is 2.28. The van der Waals surface area contributed by atoms with Gasteiger partial charge in [-0.1, -0.05) is 27.7 Å². The largest absolute Gasteiger partial charge is 0.385 e. The molecule has 1 aromatic rings. The lowest BCUT2D eigenvalue weighted by Crippen LogP contribution is -2.27. The average molecular weight is 228 g/mol. The quantitative estimate of drug-likeness (QED) is 0.834. The maximum Gasteiger partial charge on any atom is 0.112 e. The van der Waals surface area contributed by atoms with Gasteiger partial charge in [-0.05, 0) is 6.42 Å². The second-order valence-corrected chi connectivity index (χ2v) is 5.70. The van der Waals surface area contributed by atoms with Gasteiger partial charge in [-0.25, -0.2) is 4.98 Å². The fourth-order valence-corrected chi connectivity index (χ4v) is 2.15. The minimum absolute atomic E-state index is 0.0406. The summed E-state index contributed by atoms with van der Waals surface area (Å²) in [4.78, 5) is 4.44. The van der Waals surface area contributed by atoms with Crippen molar-refractivity contribution in [1.29, 1.82) is 0 Å². The molecule has 1 heterocycles. The number of thiazole rings is 1. The Balaban J connectivity index is 2.85. The number of aromatic nitrogens is 1. The smallest absolute Gasteiger partial charge is 0.112 e. The highest BCUT2D eigenvalue weighted by molar-refractivity contribution is 7.09. The first kappa shape index (κ1) is 12.6. The topological polar surface area (TPSA) is 59.1 Å². The van der Waals surface area contributed by atoms with Crippen LogP contribution in [0.15, 0.2) is 5.38 Å². The van der Waals surface area contributed by atoms with Gasteiger partial charge < -0.3 is 10.8 Å². The number of hydrogen-bond donors (Lipinski definition) is 2. The van der Waals surface area contributed by atoms with Crippen LogP contribution in [0.25, 0.3) is 0 Å². The Bertz CT molecular complexity index is 317. The number of aliphatic hydroxyl groups is 1. The highest BCUT2D eigenvalue weighted by atomic mass is 32.1. The van der Waals surface area contributed by atoms with E-state index in [2.05, 4.69) is 25.8 Å². The van der Waals surface area contributed by atoms with E-state index in [0.717, 1.165) is 11.4 Å². The molecule has 3 nitrogen and oxygen atoms in total. The Hall–Kier alpha value is -0.450. The summed E-state index contributed by atoms with van der Waals surface area (Å²) in [6.45, 7) is 8.30. The Morgan fingerprint density at radius 3 is 2.53 bits per heavy atom. The van der Waals surface area contributed by atoms with Crippen LogP contribution >= 0.6 is 11.3 Å². The zero-order valence-corrected chi connectivity index (χ0v) is 10.6. The molecule has 3 N–H and O–H groups in total. The van der Waals surface area contributed by atoms with E-state index in [1.165, 1.54) is 0 Å². The number of hydrogen-bond acceptors (Lipinski definition) is 4. The van der Waals surface area contributed by atoms with Crippen LogP contribution in [0.3, 0.4) is 0 Å². The molecular weight excluding hydrogens is 208 g/mol. The van der Waals surface area contributed by atoms with E-state index in [4.69, 9.17) is 5.73 Å². The molecule has 2 atom stereocenters. The zero-order chi connectivity index (χ0) is 11.6. The van der Waals surface area contributed by atoms with Crippen molar-refractivity contribution in [3.8, 4) is 0 Å². The lowest BCUT2D eigenvalue weighted by Gasteiger charge is -2.16. The van der Waals surface area contributed by atoms with Gasteiger partial charge in [0.05, 0.1) is 10.7 Å². The second-order valence-electron chi connectivity index (χ2n) is 4.84. The summed E-state index contributed by atoms with van der Waals surface area (Å²) in [6, 6.07) is -0.222. The van der Waals surface area contributed by atoms with Crippen LogP contribution in [-0.2, 0) is 5.41 Å². The Morgan fingerprint density at radius 1 is 1.53 bits per heavy atom. The van der Waals surface area contributed by atoms with Crippen molar-refractivity contribution in [2.24, 2.45) is 5.73 Å². The normalized spacial score (nSPS) is 16.4. The molecule has 0 saturated heterocycles. The SMILES string of the molecule is CCC(N)C(O)c1csc(C(C)(C)C)n1. The molecule has 0 aliphatic heterocycles. The van der Waals surface area contributed by atoms with Gasteiger partial charge in [-0.3, -0.25) is 0 Å². The van der Waals surface area contributed by atoms with Gasteiger partial charge in [0.1, 0.15) is 6.10 Å². The van der Waals surface area contributed by atoms with Gasteiger partial charge in [-0.2, -0.15) is 0 Å². The van der Waals surface area contributed by atoms with Crippen LogP contribution in [0, 0.1) is 0 Å². The molecule has 0 aliphatic carbocycles. The fourth-order valence-electron chi connectivity index (χ4n) is 1.21. The molecule has 1 aromatic heterocycles. The van der Waals surface area contributed by atoms with Crippen LogP contribution in [-0.4, -0.2) is 16.1 Å². The predicted octanol–water partition coefficient (Wildman–Crippen LogP) is 2.21. The average Bonchev–Trinajstić information content (AvgIpc) is 2.63. The summed E-state index contributed by atoms with van der Waals surface area (Å²) >= 11 is 1.59. The van der Waals surface area contributed by atoms with Crippen LogP contribution in [0.2, 0.25) is 0 Å². The van der Waals surface area contributed by atoms with Gasteiger partial charge >= 0.3 is 0 Å². The molecule has 15 heavy (non-hydrogen) atoms. The molecule has 2 unspecified atom stereocenters. The van der Waals surface area contributed by atoms with Gasteiger partial charge in [0.2, 0.25) is 0 Å². The third-order valence-electron chi connectivity index (χ3n) is 2.34. The van der Waals surface area contributed by atoms with Gasteiger partial charge in [-0.15, -0.1) is 11.3 Å². The molecular formula is C11H20N2OS. The molecule has 0 bridgehead atoms. The molecule has 0 saturated carbocycles. The summed E-state index contributed by atoms with van der Waals surface area (Å²) in [6.07, 6.45) is 0.117. The maximum absolute atomic E-state index is 9.89. The molecule has 0 radical (unpaired) electrons. The standard InChI is InChI=1S/C11H20N2OS/c1-5-7(12)9(14)8-6-15-10(13-8)11(2,3)4/h6-7,9,14H,5,12H2,1-4H3. The first-order chi connectivity index (χ1) is 6.86. The molecule has 4 heteroatoms. The summed E-state index contributed by atoms with van der Waals surface area (Å²) in [5.74, 6) is 0. The first-order valence-electron chi connectivity index (χ1n) is 5.25. The number of nitrogens with two attached hydrogens (primary N) is 1. The third-order valence-corrected chi connectivity index (χ3v) is 3.63. The van der Waals surface area contributed by atoms with E-state index < -0.39 is 6.10 Å². The monoisotopic (exact) mass is 228 g/mol. The number of aliphatic hydroxyl groups excluding tert-OH is 1. The minimum Gasteiger partial charge on any atom is -0.385 e. The van der Waals surface area contributed by atoms with Gasteiger partial charge in [0.25, 0.3) is 0 Å². The van der Waals surface area contributed by atoms with Crippen LogP contribution < -0.4 is 5.73 Å². The predicted molar refractivity (Wildman–Crippen MR) is 64.0 cm³/mol. The number of rotatable bonds is 3. The molecule has 1 rings (SSSR count). The molecule has 0 aromatic carbocycles. The summed E-state index contributed by atoms with van der Waals surface area (Å²) < 4.78 is 0. The third kappa shape index (κ3) is 3.00. The minimum atomic E-state index is -0.637. The van der Waals surface area contributed by atoms with Crippen LogP contribution in [0.4, 0.5) is 0 Å². The fraction of sp³-hybridized carbons (Fsp3) is 0.727. The summed E-state index contributed by atoms with van der Waals surface area (Å²) in [7, 11) is 0. The van der Waals surface area contributed by atoms with Crippen molar-refractivity contribution in [2.45, 2.75) is 51.7 Å². The Kier molecular flexibility index (Phi) is 3.87. The molecule has 86 valence electrons. The van der Waals surface area contributed by atoms with Gasteiger partial charge in [0, 0.05) is 16.8 Å². The van der Waals surface area contributed by atoms with Crippen LogP contribution in [0.1, 0.15) is 50.9 Å². The van der Waals surface area contributed by atoms with E-state index in [-0.39, 0.29) is 11.5 Å². The lowest BCUT2D eigenvalue weighted by atomic mass is 9.98. The summed E-state index contributed by atoms with van der Waals surface area (Å²) in [5.41, 5.74) is 6.53. The zero-order valence-electron chi connectivity index (χ0n) is 9.82. The Labute approximate surface area is 95.3 Å². The van der Waals surface area contributed by atoms with Crippen molar-refractivity contribution in [3.05, 3.63) is 16.1 Å². The van der Waals surface area contributed by atoms with Crippen molar-refractivity contribution >= 4 is 11.3 Å². The number of nitrogens with zero attached hydrogens (tertiary/aromatic N) is 1. The van der Waals surface area contributed by atoms with Crippen molar-refractivity contribution < 1.29 is 5.11 Å². The molecule has 0 amide bonds. The molecule has 0 spiro atoms. The molecule has 0 fully saturated rings. The van der Waals surface area contributed by atoms with Crippen molar-refractivity contribution in [3.63, 3.8) is 0 Å². The van der Waals surface area contributed by atoms with Crippen molar-refractivity contribution in [2.75, 3.05) is 0 Å². The Morgan fingerprint density at radius 2 is 2.13 bits per heavy atom. The molecule has 0 aliphatic rings. The lowest BCUT2D eigenvalue weighted by molar-refractivity contribution is 0.140. The maximum atomic E-state index is 9.89. The van der Waals surface area contributed by atoms with E-state index in [1.807, 2.05) is 12.3 Å². The van der Waals surface area contributed by atoms with E-state index in [0.29, 0.717) is 5.69 Å². The van der Waals surface area contributed by atoms with E-state index in [9.17, 15) is 5.11 Å². The first-order valence-corrected chi connectivity index (χ1v) is 6.13. The summed E-state index contributed by atoms with van der Waals surface area (Å²) in [5, 5.41) is 12.8. The van der Waals surface area contributed by atoms with Crippen molar-refractivity contribution in [1.82, 2.24) is 4.98 Å². The van der Waals surface area contributed by atoms with E-state index in [1.54, 1.807) is 11.3 Å². The van der Waals surface area contributed by atoms with Crippen LogP contribution in [0.5, 0.6) is 0 Å². The van der Waals surface area contributed by atoms with Gasteiger partial charge in [0.15, 0.2) is 0 Å². The van der Waals surface area contributed by atoms with E-state index >= 15 is 0 Å². The second kappa shape index (κ2) is 4.60. The highest BCUT2D eigenvalue weighted by Gasteiger charge is 2.22.